The van der Waals surface area contributed by atoms with Crippen molar-refractivity contribution in [1.82, 2.24) is 0 Å². The Balaban J connectivity index is 2.04. The number of hydrogen-bond acceptors (Lipinski definition) is 3. The molecule has 17 heavy (non-hydrogen) atoms. The number of nitrogens with two attached hydrogens (primary N) is 1. The van der Waals surface area contributed by atoms with Gasteiger partial charge in [-0.05, 0) is 22.9 Å². The summed E-state index contributed by atoms with van der Waals surface area (Å²) in [6, 6.07) is 15.0. The van der Waals surface area contributed by atoms with Crippen molar-refractivity contribution in [1.29, 1.82) is 0 Å². The van der Waals surface area contributed by atoms with E-state index in [0.29, 0.717) is 6.61 Å². The third-order valence-electron chi connectivity index (χ3n) is 2.57. The van der Waals surface area contributed by atoms with Crippen molar-refractivity contribution >= 4 is 22.5 Å². The molecule has 0 aromatic heterocycles. The molecule has 0 bridgehead atoms. The van der Waals surface area contributed by atoms with Gasteiger partial charge < -0.3 is 10.5 Å². The Morgan fingerprint density at radius 1 is 1.18 bits per heavy atom. The predicted molar refractivity (Wildman–Crippen MR) is 74.5 cm³/mol. The molecule has 0 fully saturated rings. The molecule has 0 saturated heterocycles. The normalized spacial score (nSPS) is 12.8. The molecule has 0 aliphatic carbocycles. The number of ether oxygens (including phenoxy) is 1. The van der Waals surface area contributed by atoms with Gasteiger partial charge in [-0.25, -0.2) is 0 Å². The third-order valence-corrected chi connectivity index (χ3v) is 3.75. The monoisotopic (exact) mass is 247 g/mol. The second kappa shape index (κ2) is 6.05. The molecule has 2 N–H and O–H groups in total. The molecular weight excluding hydrogens is 230 g/mol. The standard InChI is InChI=1S/C14H17NOS/c1-16-9-13(15)10-17-14-7-6-11-4-2-3-5-12(11)8-14/h2-8,13H,9-10,15H2,1H3. The van der Waals surface area contributed by atoms with E-state index in [0.717, 1.165) is 5.75 Å². The van der Waals surface area contributed by atoms with Crippen molar-refractivity contribution in [3.8, 4) is 0 Å². The van der Waals surface area contributed by atoms with E-state index >= 15 is 0 Å². The van der Waals surface area contributed by atoms with Crippen LogP contribution in [0.25, 0.3) is 10.8 Å². The van der Waals surface area contributed by atoms with E-state index in [4.69, 9.17) is 10.5 Å². The lowest BCUT2D eigenvalue weighted by molar-refractivity contribution is 0.186. The van der Waals surface area contributed by atoms with Gasteiger partial charge in [0, 0.05) is 23.8 Å². The van der Waals surface area contributed by atoms with Crippen LogP contribution in [0.5, 0.6) is 0 Å². The fourth-order valence-corrected chi connectivity index (χ4v) is 2.60. The Morgan fingerprint density at radius 3 is 2.71 bits per heavy atom. The van der Waals surface area contributed by atoms with Crippen molar-refractivity contribution in [2.24, 2.45) is 5.73 Å². The average molecular weight is 247 g/mol. The van der Waals surface area contributed by atoms with Gasteiger partial charge in [0.2, 0.25) is 0 Å². The zero-order valence-electron chi connectivity index (χ0n) is 9.93. The van der Waals surface area contributed by atoms with Gasteiger partial charge in [-0.2, -0.15) is 0 Å². The number of fused-ring (bicyclic) bond motifs is 1. The quantitative estimate of drug-likeness (QED) is 0.825. The molecule has 2 aromatic carbocycles. The lowest BCUT2D eigenvalue weighted by Gasteiger charge is -2.10. The first-order valence-electron chi connectivity index (χ1n) is 5.65. The first-order chi connectivity index (χ1) is 8.29. The second-order valence-electron chi connectivity index (χ2n) is 4.04. The number of methoxy groups -OCH3 is 1. The summed E-state index contributed by atoms with van der Waals surface area (Å²) in [4.78, 5) is 1.26. The summed E-state index contributed by atoms with van der Waals surface area (Å²) in [5.41, 5.74) is 5.90. The Labute approximate surface area is 106 Å². The molecule has 0 spiro atoms. The maximum atomic E-state index is 5.90. The lowest BCUT2D eigenvalue weighted by atomic mass is 10.1. The average Bonchev–Trinajstić information content (AvgIpc) is 2.36. The van der Waals surface area contributed by atoms with E-state index in [2.05, 4.69) is 42.5 Å². The molecule has 2 rings (SSSR count). The van der Waals surface area contributed by atoms with Crippen LogP contribution in [-0.2, 0) is 4.74 Å². The minimum Gasteiger partial charge on any atom is -0.383 e. The first kappa shape index (κ1) is 12.4. The van der Waals surface area contributed by atoms with E-state index in [1.54, 1.807) is 18.9 Å². The Morgan fingerprint density at radius 2 is 1.94 bits per heavy atom. The zero-order valence-corrected chi connectivity index (χ0v) is 10.7. The van der Waals surface area contributed by atoms with Crippen LogP contribution in [-0.4, -0.2) is 25.5 Å². The molecule has 2 aromatic rings. The van der Waals surface area contributed by atoms with Crippen molar-refractivity contribution in [3.05, 3.63) is 42.5 Å². The summed E-state index contributed by atoms with van der Waals surface area (Å²) in [5.74, 6) is 0.881. The van der Waals surface area contributed by atoms with E-state index in [1.165, 1.54) is 15.7 Å². The Kier molecular flexibility index (Phi) is 4.42. The highest BCUT2D eigenvalue weighted by Crippen LogP contribution is 2.23. The van der Waals surface area contributed by atoms with Crippen LogP contribution in [0.2, 0.25) is 0 Å². The van der Waals surface area contributed by atoms with Gasteiger partial charge in [-0.1, -0.05) is 30.3 Å². The SMILES string of the molecule is COCC(N)CSc1ccc2ccccc2c1. The van der Waals surface area contributed by atoms with E-state index in [-0.39, 0.29) is 6.04 Å². The van der Waals surface area contributed by atoms with Crippen LogP contribution >= 0.6 is 11.8 Å². The highest BCUT2D eigenvalue weighted by atomic mass is 32.2. The fourth-order valence-electron chi connectivity index (χ4n) is 1.72. The summed E-state index contributed by atoms with van der Waals surface area (Å²) in [5, 5.41) is 2.55. The van der Waals surface area contributed by atoms with E-state index < -0.39 is 0 Å². The Bertz CT molecular complexity index is 486. The minimum atomic E-state index is 0.0940. The van der Waals surface area contributed by atoms with Gasteiger partial charge in [0.1, 0.15) is 0 Å². The zero-order chi connectivity index (χ0) is 12.1. The molecule has 3 heteroatoms. The van der Waals surface area contributed by atoms with Crippen LogP contribution in [0, 0.1) is 0 Å². The molecule has 0 heterocycles. The number of hydrogen-bond donors (Lipinski definition) is 1. The molecule has 0 aliphatic heterocycles. The van der Waals surface area contributed by atoms with Crippen molar-refractivity contribution in [2.45, 2.75) is 10.9 Å². The van der Waals surface area contributed by atoms with Crippen LogP contribution in [0.3, 0.4) is 0 Å². The van der Waals surface area contributed by atoms with Gasteiger partial charge in [0.05, 0.1) is 6.61 Å². The van der Waals surface area contributed by atoms with Crippen LogP contribution in [0.15, 0.2) is 47.4 Å². The van der Waals surface area contributed by atoms with Crippen molar-refractivity contribution in [2.75, 3.05) is 19.5 Å². The number of thioether (sulfide) groups is 1. The molecule has 1 atom stereocenters. The van der Waals surface area contributed by atoms with Gasteiger partial charge in [0.25, 0.3) is 0 Å². The fraction of sp³-hybridized carbons (Fsp3) is 0.286. The minimum absolute atomic E-state index is 0.0940. The summed E-state index contributed by atoms with van der Waals surface area (Å²) in [6.07, 6.45) is 0. The van der Waals surface area contributed by atoms with Gasteiger partial charge >= 0.3 is 0 Å². The van der Waals surface area contributed by atoms with Gasteiger partial charge in [-0.15, -0.1) is 11.8 Å². The summed E-state index contributed by atoms with van der Waals surface area (Å²) in [7, 11) is 1.68. The highest BCUT2D eigenvalue weighted by Gasteiger charge is 2.03. The smallest absolute Gasteiger partial charge is 0.0621 e. The second-order valence-corrected chi connectivity index (χ2v) is 5.13. The number of rotatable bonds is 5. The largest absolute Gasteiger partial charge is 0.383 e. The highest BCUT2D eigenvalue weighted by molar-refractivity contribution is 7.99. The van der Waals surface area contributed by atoms with Crippen LogP contribution in [0.1, 0.15) is 0 Å². The first-order valence-corrected chi connectivity index (χ1v) is 6.64. The number of benzene rings is 2. The topological polar surface area (TPSA) is 35.2 Å². The molecule has 0 radical (unpaired) electrons. The molecular formula is C14H17NOS. The van der Waals surface area contributed by atoms with Gasteiger partial charge in [0.15, 0.2) is 0 Å². The molecule has 0 saturated carbocycles. The van der Waals surface area contributed by atoms with Crippen molar-refractivity contribution in [3.63, 3.8) is 0 Å². The summed E-state index contributed by atoms with van der Waals surface area (Å²) < 4.78 is 5.02. The molecule has 2 nitrogen and oxygen atoms in total. The predicted octanol–water partition coefficient (Wildman–Crippen LogP) is 2.91. The molecule has 0 amide bonds. The third kappa shape index (κ3) is 3.46. The molecule has 90 valence electrons. The molecule has 0 aliphatic rings. The van der Waals surface area contributed by atoms with E-state index in [9.17, 15) is 0 Å². The summed E-state index contributed by atoms with van der Waals surface area (Å²) in [6.45, 7) is 0.612. The Hall–Kier alpha value is -1.03. The van der Waals surface area contributed by atoms with Gasteiger partial charge in [-0.3, -0.25) is 0 Å². The van der Waals surface area contributed by atoms with Crippen LogP contribution in [0.4, 0.5) is 0 Å². The van der Waals surface area contributed by atoms with E-state index in [1.807, 2.05) is 0 Å². The van der Waals surface area contributed by atoms with Crippen LogP contribution < -0.4 is 5.73 Å². The maximum absolute atomic E-state index is 5.90. The lowest BCUT2D eigenvalue weighted by Crippen LogP contribution is -2.27. The maximum Gasteiger partial charge on any atom is 0.0621 e. The van der Waals surface area contributed by atoms with Crippen molar-refractivity contribution < 1.29 is 4.74 Å². The summed E-state index contributed by atoms with van der Waals surface area (Å²) >= 11 is 1.78. The molecule has 1 unspecified atom stereocenters.